The summed E-state index contributed by atoms with van der Waals surface area (Å²) in [4.78, 5) is 0. The molecule has 2 saturated heterocycles. The third-order valence-corrected chi connectivity index (χ3v) is 8.04. The van der Waals surface area contributed by atoms with Crippen LogP contribution >= 0.6 is 0 Å². The summed E-state index contributed by atoms with van der Waals surface area (Å²) < 4.78 is 30.3. The Morgan fingerprint density at radius 2 is 1.39 bits per heavy atom. The highest BCUT2D eigenvalue weighted by Crippen LogP contribution is 2.32. The average Bonchev–Trinajstić information content (AvgIpc) is 2.94. The number of aliphatic hydroxyl groups excluding tert-OH is 4. The highest BCUT2D eigenvalue weighted by atomic mass is 16.7. The van der Waals surface area contributed by atoms with E-state index in [4.69, 9.17) is 58.1 Å². The first-order chi connectivity index (χ1) is 19.6. The summed E-state index contributed by atoms with van der Waals surface area (Å²) in [5, 5.41) is 44.2. The van der Waals surface area contributed by atoms with E-state index in [0.29, 0.717) is 13.1 Å². The summed E-state index contributed by atoms with van der Waals surface area (Å²) in [7, 11) is 0. The molecule has 3 aliphatic rings. The third-order valence-electron chi connectivity index (χ3n) is 8.04. The molecule has 3 fully saturated rings. The lowest BCUT2D eigenvalue weighted by Crippen LogP contribution is -2.68. The molecule has 0 spiro atoms. The van der Waals surface area contributed by atoms with Crippen molar-refractivity contribution >= 4 is 0 Å². The zero-order valence-electron chi connectivity index (χ0n) is 23.7. The molecule has 1 saturated carbocycles. The molecule has 0 aromatic heterocycles. The fraction of sp³-hybridized carbons (Fsp3) is 1.00. The molecule has 0 amide bonds. The zero-order chi connectivity index (χ0) is 30.1. The largest absolute Gasteiger partial charge is 0.394 e. The monoisotopic (exact) mass is 595 g/mol. The Labute approximate surface area is 241 Å². The van der Waals surface area contributed by atoms with E-state index in [1.807, 2.05) is 0 Å². The van der Waals surface area contributed by atoms with E-state index in [-0.39, 0.29) is 26.0 Å². The number of nitrogens with one attached hydrogen (secondary N) is 1. The van der Waals surface area contributed by atoms with Crippen molar-refractivity contribution in [2.75, 3.05) is 39.4 Å². The molecule has 14 atom stereocenters. The molecule has 1 aliphatic carbocycles. The SMILES string of the molecule is NCCCCCNCCO[C@@H]1[C@@H](O[C@H]2O[C@H](CN)[C@@H](O)C[C@H]2N)[C@H](N)C[C@H](N)[C@H]1O[C@H]1O[C@H](CO)[C@@H](O)[C@H](N)[C@H]1O. The van der Waals surface area contributed by atoms with E-state index >= 15 is 0 Å². The minimum Gasteiger partial charge on any atom is -0.394 e. The van der Waals surface area contributed by atoms with Crippen LogP contribution in [0.4, 0.5) is 0 Å². The van der Waals surface area contributed by atoms with Gasteiger partial charge in [0.05, 0.1) is 37.5 Å². The molecule has 242 valence electrons. The number of aliphatic hydroxyl groups is 4. The Morgan fingerprint density at radius 3 is 2.02 bits per heavy atom. The highest BCUT2D eigenvalue weighted by Gasteiger charge is 2.51. The molecule has 0 aromatic rings. The van der Waals surface area contributed by atoms with Crippen LogP contribution in [0.15, 0.2) is 0 Å². The smallest absolute Gasteiger partial charge is 0.186 e. The molecule has 16 heteroatoms. The maximum atomic E-state index is 10.7. The van der Waals surface area contributed by atoms with Gasteiger partial charge in [0.2, 0.25) is 0 Å². The number of hydrogen-bond acceptors (Lipinski definition) is 16. The minimum atomic E-state index is -1.41. The lowest BCUT2D eigenvalue weighted by atomic mass is 9.84. The van der Waals surface area contributed by atoms with Gasteiger partial charge >= 0.3 is 0 Å². The van der Waals surface area contributed by atoms with Crippen molar-refractivity contribution < 1.29 is 44.1 Å². The van der Waals surface area contributed by atoms with Crippen LogP contribution < -0.4 is 39.7 Å². The Morgan fingerprint density at radius 1 is 0.732 bits per heavy atom. The van der Waals surface area contributed by atoms with Gasteiger partial charge in [0, 0.05) is 25.2 Å². The summed E-state index contributed by atoms with van der Waals surface area (Å²) in [5.41, 5.74) is 36.6. The minimum absolute atomic E-state index is 0.0764. The first-order valence-corrected chi connectivity index (χ1v) is 14.6. The molecular weight excluding hydrogens is 542 g/mol. The van der Waals surface area contributed by atoms with Crippen LogP contribution in [0.1, 0.15) is 32.1 Å². The number of ether oxygens (including phenoxy) is 5. The fourth-order valence-electron chi connectivity index (χ4n) is 5.56. The van der Waals surface area contributed by atoms with Gasteiger partial charge in [-0.15, -0.1) is 0 Å². The van der Waals surface area contributed by atoms with E-state index < -0.39 is 92.2 Å². The molecule has 16 nitrogen and oxygen atoms in total. The molecule has 0 unspecified atom stereocenters. The molecule has 41 heavy (non-hydrogen) atoms. The fourth-order valence-corrected chi connectivity index (χ4v) is 5.56. The lowest BCUT2D eigenvalue weighted by molar-refractivity contribution is -0.318. The summed E-state index contributed by atoms with van der Waals surface area (Å²) in [6.07, 6.45) is -6.58. The molecule has 17 N–H and O–H groups in total. The van der Waals surface area contributed by atoms with Crippen LogP contribution in [-0.4, -0.2) is 145 Å². The second-order valence-electron chi connectivity index (χ2n) is 11.2. The molecule has 0 bridgehead atoms. The predicted molar refractivity (Wildman–Crippen MR) is 148 cm³/mol. The van der Waals surface area contributed by atoms with Crippen molar-refractivity contribution in [2.24, 2.45) is 34.4 Å². The van der Waals surface area contributed by atoms with Gasteiger partial charge in [-0.1, -0.05) is 6.42 Å². The van der Waals surface area contributed by atoms with Crippen LogP contribution in [-0.2, 0) is 23.7 Å². The van der Waals surface area contributed by atoms with E-state index in [1.165, 1.54) is 0 Å². The van der Waals surface area contributed by atoms with Crippen LogP contribution in [0, 0.1) is 0 Å². The van der Waals surface area contributed by atoms with Gasteiger partial charge in [-0.3, -0.25) is 0 Å². The number of unbranched alkanes of at least 4 members (excludes halogenated alkanes) is 2. The standard InChI is InChI=1S/C25H53N7O9/c26-4-2-1-3-5-32-6-7-37-23-21(40-24-14(30)9-15(34)16(10-27)38-24)12(28)8-13(29)22(23)41-25-20(36)18(31)19(35)17(11-33)39-25/h12-25,32-36H,1-11,26-31H2/t12-,13+,14-,15+,16-,17-,18+,19-,20-,21+,22-,23-,24-,25-/m1/s1. The Hall–Kier alpha value is -0.640. The van der Waals surface area contributed by atoms with Gasteiger partial charge in [0.15, 0.2) is 12.6 Å². The first kappa shape index (κ1) is 34.8. The maximum absolute atomic E-state index is 10.7. The van der Waals surface area contributed by atoms with Crippen molar-refractivity contribution in [1.82, 2.24) is 5.32 Å². The topological polar surface area (TPSA) is 295 Å². The van der Waals surface area contributed by atoms with Crippen molar-refractivity contribution in [3.8, 4) is 0 Å². The van der Waals surface area contributed by atoms with Crippen molar-refractivity contribution in [3.63, 3.8) is 0 Å². The maximum Gasteiger partial charge on any atom is 0.186 e. The van der Waals surface area contributed by atoms with Crippen molar-refractivity contribution in [3.05, 3.63) is 0 Å². The number of nitrogens with two attached hydrogens (primary N) is 6. The Kier molecular flexibility index (Phi) is 14.5. The summed E-state index contributed by atoms with van der Waals surface area (Å²) in [6.45, 7) is 1.79. The normalized spacial score (nSPS) is 43.8. The van der Waals surface area contributed by atoms with Gasteiger partial charge < -0.3 is 83.8 Å². The zero-order valence-corrected chi connectivity index (χ0v) is 23.7. The van der Waals surface area contributed by atoms with Crippen LogP contribution in [0.2, 0.25) is 0 Å². The van der Waals surface area contributed by atoms with Crippen molar-refractivity contribution in [2.45, 2.75) is 118 Å². The van der Waals surface area contributed by atoms with Gasteiger partial charge in [-0.05, 0) is 38.8 Å². The molecule has 0 radical (unpaired) electrons. The predicted octanol–water partition coefficient (Wildman–Crippen LogP) is -5.55. The lowest BCUT2D eigenvalue weighted by Gasteiger charge is -2.49. The van der Waals surface area contributed by atoms with E-state index in [1.54, 1.807) is 0 Å². The van der Waals surface area contributed by atoms with Gasteiger partial charge in [0.1, 0.15) is 36.6 Å². The number of rotatable bonds is 15. The third kappa shape index (κ3) is 9.18. The number of hydrogen-bond donors (Lipinski definition) is 11. The molecule has 2 aliphatic heterocycles. The van der Waals surface area contributed by atoms with E-state index in [0.717, 1.165) is 25.8 Å². The highest BCUT2D eigenvalue weighted by molar-refractivity contribution is 5.02. The van der Waals surface area contributed by atoms with Gasteiger partial charge in [-0.2, -0.15) is 0 Å². The van der Waals surface area contributed by atoms with Crippen LogP contribution in [0.3, 0.4) is 0 Å². The second-order valence-corrected chi connectivity index (χ2v) is 11.2. The first-order valence-electron chi connectivity index (χ1n) is 14.6. The van der Waals surface area contributed by atoms with E-state index in [9.17, 15) is 20.4 Å². The Balaban J connectivity index is 1.75. The van der Waals surface area contributed by atoms with Crippen molar-refractivity contribution in [1.29, 1.82) is 0 Å². The summed E-state index contributed by atoms with van der Waals surface area (Å²) in [5.74, 6) is 0. The quantitative estimate of drug-likeness (QED) is 0.0786. The Bertz CT molecular complexity index is 748. The van der Waals surface area contributed by atoms with Gasteiger partial charge in [0.25, 0.3) is 0 Å². The average molecular weight is 596 g/mol. The van der Waals surface area contributed by atoms with Crippen LogP contribution in [0.5, 0.6) is 0 Å². The second kappa shape index (κ2) is 17.0. The van der Waals surface area contributed by atoms with Crippen LogP contribution in [0.25, 0.3) is 0 Å². The molecule has 3 rings (SSSR count). The summed E-state index contributed by atoms with van der Waals surface area (Å²) >= 11 is 0. The van der Waals surface area contributed by atoms with Gasteiger partial charge in [-0.25, -0.2) is 0 Å². The van der Waals surface area contributed by atoms with E-state index in [2.05, 4.69) is 5.32 Å². The molecular formula is C25H53N7O9. The molecule has 0 aromatic carbocycles. The summed E-state index contributed by atoms with van der Waals surface area (Å²) in [6, 6.07) is -3.02. The molecule has 2 heterocycles.